The van der Waals surface area contributed by atoms with Gasteiger partial charge in [-0.25, -0.2) is 0 Å². The molecule has 1 rings (SSSR count). The first-order valence-corrected chi connectivity index (χ1v) is 15.3. The number of carbonyl (C=O) groups is 6. The van der Waals surface area contributed by atoms with Gasteiger partial charge >= 0.3 is 17.9 Å². The van der Waals surface area contributed by atoms with Crippen molar-refractivity contribution in [2.45, 2.75) is 38.6 Å². The number of rotatable bonds is 19. The molecule has 17 heteroatoms. The molecule has 0 aromatic rings. The summed E-state index contributed by atoms with van der Waals surface area (Å²) in [6.07, 6.45) is 1.57. The summed E-state index contributed by atoms with van der Waals surface area (Å²) in [5, 5.41) is 36.1. The molecule has 6 N–H and O–H groups in total. The number of nitrogens with one attached hydrogen (secondary N) is 3. The largest absolute Gasteiger partial charge is 0.480 e. The first kappa shape index (κ1) is 39.6. The highest BCUT2D eigenvalue weighted by atomic mass is 16.5. The highest BCUT2D eigenvalue weighted by molar-refractivity contribution is 5.89. The minimum Gasteiger partial charge on any atom is -0.480 e. The molecule has 0 bridgehead atoms. The molecular formula is C28H51N7O10. The van der Waals surface area contributed by atoms with Crippen molar-refractivity contribution < 1.29 is 48.8 Å². The highest BCUT2D eigenvalue weighted by Gasteiger charge is 2.24. The predicted molar refractivity (Wildman–Crippen MR) is 163 cm³/mol. The lowest BCUT2D eigenvalue weighted by molar-refractivity contribution is -0.140. The minimum absolute atomic E-state index is 0.0192. The Bertz CT molecular complexity index is 923. The number of amides is 3. The van der Waals surface area contributed by atoms with Crippen LogP contribution in [-0.4, -0.2) is 182 Å². The molecule has 0 radical (unpaired) electrons. The quantitative estimate of drug-likeness (QED) is 0.0794. The van der Waals surface area contributed by atoms with Gasteiger partial charge in [0, 0.05) is 85.6 Å². The highest BCUT2D eigenvalue weighted by Crippen LogP contribution is 2.03. The van der Waals surface area contributed by atoms with Gasteiger partial charge in [0.15, 0.2) is 0 Å². The van der Waals surface area contributed by atoms with Crippen molar-refractivity contribution >= 4 is 35.6 Å². The number of aliphatic carboxylic acids is 3. The van der Waals surface area contributed by atoms with Crippen LogP contribution in [0.2, 0.25) is 0 Å². The Kier molecular flexibility index (Phi) is 20.3. The van der Waals surface area contributed by atoms with Crippen LogP contribution in [-0.2, 0) is 33.5 Å². The molecule has 0 unspecified atom stereocenters. The van der Waals surface area contributed by atoms with Gasteiger partial charge in [-0.1, -0.05) is 6.92 Å². The van der Waals surface area contributed by atoms with E-state index in [9.17, 15) is 44.1 Å². The van der Waals surface area contributed by atoms with E-state index in [1.54, 1.807) is 19.6 Å². The zero-order chi connectivity index (χ0) is 33.6. The summed E-state index contributed by atoms with van der Waals surface area (Å²) in [5.74, 6) is -4.33. The van der Waals surface area contributed by atoms with Crippen LogP contribution in [0.25, 0.3) is 0 Å². The van der Waals surface area contributed by atoms with E-state index < -0.39 is 35.8 Å². The van der Waals surface area contributed by atoms with Gasteiger partial charge in [0.25, 0.3) is 0 Å². The summed E-state index contributed by atoms with van der Waals surface area (Å²) in [4.78, 5) is 79.1. The monoisotopic (exact) mass is 645 g/mol. The van der Waals surface area contributed by atoms with Crippen molar-refractivity contribution in [3.8, 4) is 0 Å². The standard InChI is InChI=1S/C28H51N7O10/c1-3-16-45-17-4-7-30-28(44)22(5-6-23(36)29-2)31-24(37)18-32-8-10-33(19-25(38)39)12-14-35(21-27(42)43)15-13-34(11-9-32)20-26(40)41/h22H,3-21H2,1-2H3,(H,29,36)(H,30,44)(H,31,37)(H,38,39)(H,40,41)(H,42,43)/t22-/m1/s1. The number of hydrogen-bond donors (Lipinski definition) is 6. The zero-order valence-electron chi connectivity index (χ0n) is 26.5. The van der Waals surface area contributed by atoms with Crippen LogP contribution in [0, 0.1) is 0 Å². The summed E-state index contributed by atoms with van der Waals surface area (Å²) in [6, 6.07) is -0.967. The Morgan fingerprint density at radius 2 is 1.13 bits per heavy atom. The number of carbonyl (C=O) groups excluding carboxylic acids is 3. The number of ether oxygens (including phenoxy) is 1. The Hall–Kier alpha value is -3.38. The molecule has 45 heavy (non-hydrogen) atoms. The molecule has 1 aliphatic heterocycles. The fraction of sp³-hybridized carbons (Fsp3) is 0.786. The van der Waals surface area contributed by atoms with E-state index in [0.29, 0.717) is 26.2 Å². The van der Waals surface area contributed by atoms with Crippen molar-refractivity contribution in [2.75, 3.05) is 105 Å². The number of hydrogen-bond acceptors (Lipinski definition) is 11. The van der Waals surface area contributed by atoms with E-state index in [1.165, 1.54) is 7.05 Å². The number of carboxylic acid groups (broad SMARTS) is 3. The second-order valence-corrected chi connectivity index (χ2v) is 10.9. The molecule has 0 spiro atoms. The Balaban J connectivity index is 2.99. The zero-order valence-corrected chi connectivity index (χ0v) is 26.5. The first-order valence-electron chi connectivity index (χ1n) is 15.3. The van der Waals surface area contributed by atoms with Crippen molar-refractivity contribution in [3.63, 3.8) is 0 Å². The van der Waals surface area contributed by atoms with Crippen LogP contribution in [0.3, 0.4) is 0 Å². The lowest BCUT2D eigenvalue weighted by Gasteiger charge is -2.33. The lowest BCUT2D eigenvalue weighted by atomic mass is 10.1. The summed E-state index contributed by atoms with van der Waals surface area (Å²) >= 11 is 0. The van der Waals surface area contributed by atoms with E-state index in [2.05, 4.69) is 16.0 Å². The van der Waals surface area contributed by atoms with Crippen molar-refractivity contribution in [1.29, 1.82) is 0 Å². The molecule has 1 atom stereocenters. The summed E-state index contributed by atoms with van der Waals surface area (Å²) in [7, 11) is 1.48. The Morgan fingerprint density at radius 1 is 0.689 bits per heavy atom. The van der Waals surface area contributed by atoms with Gasteiger partial charge in [-0.3, -0.25) is 48.4 Å². The number of nitrogens with zero attached hydrogens (tertiary/aromatic N) is 4. The third-order valence-electron chi connectivity index (χ3n) is 7.08. The normalized spacial score (nSPS) is 16.9. The van der Waals surface area contributed by atoms with Gasteiger partial charge in [-0.15, -0.1) is 0 Å². The van der Waals surface area contributed by atoms with Crippen molar-refractivity contribution in [1.82, 2.24) is 35.6 Å². The maximum absolute atomic E-state index is 13.2. The molecule has 0 aromatic heterocycles. The number of carboxylic acids is 3. The van der Waals surface area contributed by atoms with Crippen LogP contribution in [0.4, 0.5) is 0 Å². The average molecular weight is 646 g/mol. The maximum atomic E-state index is 13.2. The van der Waals surface area contributed by atoms with Gasteiger partial charge < -0.3 is 36.0 Å². The smallest absolute Gasteiger partial charge is 0.317 e. The first-order chi connectivity index (χ1) is 21.4. The fourth-order valence-corrected chi connectivity index (χ4v) is 4.65. The third kappa shape index (κ3) is 19.6. The third-order valence-corrected chi connectivity index (χ3v) is 7.08. The van der Waals surface area contributed by atoms with Gasteiger partial charge in [0.2, 0.25) is 17.7 Å². The summed E-state index contributed by atoms with van der Waals surface area (Å²) in [6.45, 7) is 4.50. The SMILES string of the molecule is CCCOCCCNC(=O)[C@@H](CCC(=O)NC)NC(=O)CN1CCN(CC(=O)O)CCN(CC(=O)O)CCN(CC(=O)O)CC1. The second-order valence-electron chi connectivity index (χ2n) is 10.9. The van der Waals surface area contributed by atoms with Crippen LogP contribution in [0.1, 0.15) is 32.6 Å². The van der Waals surface area contributed by atoms with Crippen LogP contribution < -0.4 is 16.0 Å². The van der Waals surface area contributed by atoms with E-state index in [1.807, 2.05) is 6.92 Å². The molecule has 3 amide bonds. The van der Waals surface area contributed by atoms with Crippen molar-refractivity contribution in [3.05, 3.63) is 0 Å². The van der Waals surface area contributed by atoms with Crippen LogP contribution >= 0.6 is 0 Å². The van der Waals surface area contributed by atoms with E-state index in [-0.39, 0.29) is 97.3 Å². The predicted octanol–water partition coefficient (Wildman–Crippen LogP) is -2.59. The molecule has 17 nitrogen and oxygen atoms in total. The lowest BCUT2D eigenvalue weighted by Crippen LogP contribution is -2.52. The average Bonchev–Trinajstić information content (AvgIpc) is 2.97. The Morgan fingerprint density at radius 3 is 1.53 bits per heavy atom. The second kappa shape index (κ2) is 23.0. The molecule has 0 aliphatic carbocycles. The minimum atomic E-state index is -1.05. The maximum Gasteiger partial charge on any atom is 0.317 e. The summed E-state index contributed by atoms with van der Waals surface area (Å²) < 4.78 is 5.42. The van der Waals surface area contributed by atoms with E-state index in [0.717, 1.165) is 6.42 Å². The molecule has 1 aliphatic rings. The van der Waals surface area contributed by atoms with Gasteiger partial charge in [0.05, 0.1) is 26.2 Å². The van der Waals surface area contributed by atoms with Crippen molar-refractivity contribution in [2.24, 2.45) is 0 Å². The molecule has 258 valence electrons. The van der Waals surface area contributed by atoms with Crippen LogP contribution in [0.5, 0.6) is 0 Å². The fourth-order valence-electron chi connectivity index (χ4n) is 4.65. The molecular weight excluding hydrogens is 594 g/mol. The molecule has 0 saturated carbocycles. The van der Waals surface area contributed by atoms with Gasteiger partial charge in [-0.2, -0.15) is 0 Å². The van der Waals surface area contributed by atoms with Gasteiger partial charge in [-0.05, 0) is 19.3 Å². The Labute approximate surface area is 264 Å². The van der Waals surface area contributed by atoms with E-state index >= 15 is 0 Å². The molecule has 0 aromatic carbocycles. The van der Waals surface area contributed by atoms with Crippen LogP contribution in [0.15, 0.2) is 0 Å². The summed E-state index contributed by atoms with van der Waals surface area (Å²) in [5.41, 5.74) is 0. The topological polar surface area (TPSA) is 221 Å². The van der Waals surface area contributed by atoms with Gasteiger partial charge in [0.1, 0.15) is 6.04 Å². The molecule has 1 heterocycles. The molecule has 1 saturated heterocycles. The molecule has 1 fully saturated rings. The van der Waals surface area contributed by atoms with E-state index in [4.69, 9.17) is 4.74 Å².